The number of nitriles is 1. The lowest BCUT2D eigenvalue weighted by atomic mass is 9.88. The van der Waals surface area contributed by atoms with E-state index in [-0.39, 0.29) is 0 Å². The minimum absolute atomic E-state index is 0.565. The minimum atomic E-state index is 0.565. The van der Waals surface area contributed by atoms with Gasteiger partial charge < -0.3 is 0 Å². The van der Waals surface area contributed by atoms with Crippen LogP contribution in [0.1, 0.15) is 66.2 Å². The van der Waals surface area contributed by atoms with Crippen molar-refractivity contribution in [2.75, 3.05) is 6.54 Å². The molecule has 5 rings (SSSR count). The first kappa shape index (κ1) is 19.8. The summed E-state index contributed by atoms with van der Waals surface area (Å²) < 4.78 is 0. The lowest BCUT2D eigenvalue weighted by Crippen LogP contribution is -2.31. The molecule has 1 saturated carbocycles. The Morgan fingerprint density at radius 2 is 1.94 bits per heavy atom. The second kappa shape index (κ2) is 8.95. The van der Waals surface area contributed by atoms with Crippen molar-refractivity contribution < 1.29 is 0 Å². The van der Waals surface area contributed by atoms with Crippen LogP contribution in [0.4, 0.5) is 0 Å². The van der Waals surface area contributed by atoms with Gasteiger partial charge >= 0.3 is 0 Å². The fourth-order valence-corrected chi connectivity index (χ4v) is 4.78. The van der Waals surface area contributed by atoms with Gasteiger partial charge in [-0.05, 0) is 36.6 Å². The SMILES string of the molecule is N#Cc1cccc(-c2ccc(CN3CCc4nc(C5CCCCC5)ncc4C3)cn2)c1. The molecule has 3 heterocycles. The molecule has 0 spiro atoms. The lowest BCUT2D eigenvalue weighted by molar-refractivity contribution is 0.242. The van der Waals surface area contributed by atoms with Crippen molar-refractivity contribution >= 4 is 0 Å². The van der Waals surface area contributed by atoms with Gasteiger partial charge in [0.25, 0.3) is 0 Å². The molecule has 31 heavy (non-hydrogen) atoms. The summed E-state index contributed by atoms with van der Waals surface area (Å²) >= 11 is 0. The number of hydrogen-bond acceptors (Lipinski definition) is 5. The van der Waals surface area contributed by atoms with E-state index in [9.17, 15) is 0 Å². The molecule has 5 heteroatoms. The molecule has 2 aliphatic rings. The molecule has 5 nitrogen and oxygen atoms in total. The predicted molar refractivity (Wildman–Crippen MR) is 120 cm³/mol. The first-order valence-corrected chi connectivity index (χ1v) is 11.3. The van der Waals surface area contributed by atoms with Crippen LogP contribution in [0.3, 0.4) is 0 Å². The summed E-state index contributed by atoms with van der Waals surface area (Å²) in [7, 11) is 0. The van der Waals surface area contributed by atoms with E-state index in [0.717, 1.165) is 43.1 Å². The van der Waals surface area contributed by atoms with Crippen molar-refractivity contribution in [3.05, 3.63) is 77.0 Å². The molecule has 0 unspecified atom stereocenters. The molecule has 0 radical (unpaired) electrons. The molecule has 156 valence electrons. The van der Waals surface area contributed by atoms with Gasteiger partial charge in [-0.25, -0.2) is 9.97 Å². The van der Waals surface area contributed by atoms with Crippen molar-refractivity contribution in [1.29, 1.82) is 5.26 Å². The monoisotopic (exact) mass is 409 g/mol. The van der Waals surface area contributed by atoms with Crippen molar-refractivity contribution in [2.24, 2.45) is 0 Å². The topological polar surface area (TPSA) is 65.7 Å². The molecular formula is C26H27N5. The second-order valence-electron chi connectivity index (χ2n) is 8.74. The quantitative estimate of drug-likeness (QED) is 0.605. The van der Waals surface area contributed by atoms with Crippen LogP contribution in [-0.4, -0.2) is 26.4 Å². The van der Waals surface area contributed by atoms with Crippen molar-refractivity contribution in [2.45, 2.75) is 57.5 Å². The highest BCUT2D eigenvalue weighted by atomic mass is 15.1. The normalized spacial score (nSPS) is 17.1. The second-order valence-corrected chi connectivity index (χ2v) is 8.74. The Hall–Kier alpha value is -3.10. The van der Waals surface area contributed by atoms with E-state index in [0.29, 0.717) is 11.5 Å². The third-order valence-electron chi connectivity index (χ3n) is 6.52. The van der Waals surface area contributed by atoms with E-state index in [2.05, 4.69) is 28.2 Å². The highest BCUT2D eigenvalue weighted by Gasteiger charge is 2.22. The summed E-state index contributed by atoms with van der Waals surface area (Å²) in [5.41, 5.74) is 6.24. The predicted octanol–water partition coefficient (Wildman–Crippen LogP) is 5.02. The molecule has 0 atom stereocenters. The summed E-state index contributed by atoms with van der Waals surface area (Å²) in [5.74, 6) is 1.64. The molecule has 0 N–H and O–H groups in total. The Morgan fingerprint density at radius 1 is 1.03 bits per heavy atom. The number of hydrogen-bond donors (Lipinski definition) is 0. The maximum absolute atomic E-state index is 9.10. The zero-order chi connectivity index (χ0) is 21.0. The van der Waals surface area contributed by atoms with Gasteiger partial charge in [-0.15, -0.1) is 0 Å². The highest BCUT2D eigenvalue weighted by molar-refractivity contribution is 5.61. The van der Waals surface area contributed by atoms with Crippen LogP contribution < -0.4 is 0 Å². The average molecular weight is 410 g/mol. The van der Waals surface area contributed by atoms with E-state index in [1.165, 1.54) is 48.9 Å². The first-order valence-electron chi connectivity index (χ1n) is 11.3. The smallest absolute Gasteiger partial charge is 0.131 e. The number of fused-ring (bicyclic) bond motifs is 1. The van der Waals surface area contributed by atoms with Crippen molar-refractivity contribution in [1.82, 2.24) is 19.9 Å². The average Bonchev–Trinajstić information content (AvgIpc) is 2.85. The molecular weight excluding hydrogens is 382 g/mol. The number of rotatable bonds is 4. The van der Waals surface area contributed by atoms with Crippen LogP contribution in [0.2, 0.25) is 0 Å². The summed E-state index contributed by atoms with van der Waals surface area (Å²) in [4.78, 5) is 16.8. The molecule has 1 aliphatic carbocycles. The first-order chi connectivity index (χ1) is 15.3. The molecule has 0 saturated heterocycles. The summed E-state index contributed by atoms with van der Waals surface area (Å²) in [6, 6.07) is 14.0. The Balaban J connectivity index is 1.24. The Bertz CT molecular complexity index is 1090. The largest absolute Gasteiger partial charge is 0.294 e. The summed E-state index contributed by atoms with van der Waals surface area (Å²) in [6.07, 6.45) is 11.5. The van der Waals surface area contributed by atoms with Crippen molar-refractivity contribution in [3.63, 3.8) is 0 Å². The van der Waals surface area contributed by atoms with Crippen LogP contribution in [0.15, 0.2) is 48.8 Å². The van der Waals surface area contributed by atoms with E-state index < -0.39 is 0 Å². The molecule has 1 fully saturated rings. The maximum atomic E-state index is 9.10. The van der Waals surface area contributed by atoms with E-state index >= 15 is 0 Å². The van der Waals surface area contributed by atoms with Crippen molar-refractivity contribution in [3.8, 4) is 17.3 Å². The van der Waals surface area contributed by atoms with E-state index in [1.807, 2.05) is 36.5 Å². The fraction of sp³-hybridized carbons (Fsp3) is 0.385. The van der Waals surface area contributed by atoms with Gasteiger partial charge in [0.2, 0.25) is 0 Å². The maximum Gasteiger partial charge on any atom is 0.131 e. The Kier molecular flexibility index (Phi) is 5.73. The van der Waals surface area contributed by atoms with Crippen LogP contribution >= 0.6 is 0 Å². The fourth-order valence-electron chi connectivity index (χ4n) is 4.78. The summed E-state index contributed by atoms with van der Waals surface area (Å²) in [6.45, 7) is 2.78. The number of pyridine rings is 1. The van der Waals surface area contributed by atoms with Gasteiger partial charge in [0.05, 0.1) is 17.3 Å². The number of benzene rings is 1. The molecule has 0 bridgehead atoms. The molecule has 1 aromatic carbocycles. The van der Waals surface area contributed by atoms with Crippen LogP contribution in [0.5, 0.6) is 0 Å². The van der Waals surface area contributed by atoms with Crippen LogP contribution in [-0.2, 0) is 19.5 Å². The molecule has 2 aromatic heterocycles. The minimum Gasteiger partial charge on any atom is -0.294 e. The molecule has 3 aromatic rings. The zero-order valence-corrected chi connectivity index (χ0v) is 17.8. The van der Waals surface area contributed by atoms with Crippen LogP contribution in [0.25, 0.3) is 11.3 Å². The number of nitrogens with zero attached hydrogens (tertiary/aromatic N) is 5. The summed E-state index contributed by atoms with van der Waals surface area (Å²) in [5, 5.41) is 9.10. The highest BCUT2D eigenvalue weighted by Crippen LogP contribution is 2.31. The third kappa shape index (κ3) is 4.50. The van der Waals surface area contributed by atoms with Gasteiger partial charge in [-0.1, -0.05) is 37.5 Å². The molecule has 0 amide bonds. The molecule has 1 aliphatic heterocycles. The lowest BCUT2D eigenvalue weighted by Gasteiger charge is -2.29. The van der Waals surface area contributed by atoms with Gasteiger partial charge in [-0.3, -0.25) is 9.88 Å². The van der Waals surface area contributed by atoms with Gasteiger partial charge in [0, 0.05) is 61.2 Å². The zero-order valence-electron chi connectivity index (χ0n) is 17.8. The van der Waals surface area contributed by atoms with Gasteiger partial charge in [0.1, 0.15) is 5.82 Å². The van der Waals surface area contributed by atoms with E-state index in [1.54, 1.807) is 0 Å². The van der Waals surface area contributed by atoms with Crippen LogP contribution in [0, 0.1) is 11.3 Å². The number of aromatic nitrogens is 3. The Morgan fingerprint density at radius 3 is 2.74 bits per heavy atom. The van der Waals surface area contributed by atoms with E-state index in [4.69, 9.17) is 15.2 Å². The standard InChI is InChI=1S/C26H27N5/c27-14-19-5-4-8-22(13-19)24-10-9-20(15-28-24)17-31-12-11-25-23(18-31)16-29-26(30-25)21-6-2-1-3-7-21/h4-5,8-10,13,15-16,21H,1-3,6-7,11-12,17-18H2. The third-order valence-corrected chi connectivity index (χ3v) is 6.52. The Labute approximate surface area is 183 Å². The van der Waals surface area contributed by atoms with Gasteiger partial charge in [-0.2, -0.15) is 5.26 Å². The van der Waals surface area contributed by atoms with Gasteiger partial charge in [0.15, 0.2) is 0 Å².